The summed E-state index contributed by atoms with van der Waals surface area (Å²) in [6.07, 6.45) is 3.20. The average Bonchev–Trinajstić information content (AvgIpc) is 2.90. The molecule has 1 heterocycles. The number of nitrogens with one attached hydrogen (secondary N) is 1. The quantitative estimate of drug-likeness (QED) is 0.927. The molecule has 1 aromatic heterocycles. The molecule has 1 aliphatic carbocycles. The summed E-state index contributed by atoms with van der Waals surface area (Å²) >= 11 is 0. The number of amides is 1. The smallest absolute Gasteiger partial charge is 0.408 e. The van der Waals surface area contributed by atoms with Crippen molar-refractivity contribution in [2.75, 3.05) is 0 Å². The zero-order valence-corrected chi connectivity index (χ0v) is 14.4. The van der Waals surface area contributed by atoms with E-state index < -0.39 is 5.60 Å². The van der Waals surface area contributed by atoms with Gasteiger partial charge in [-0.2, -0.15) is 0 Å². The van der Waals surface area contributed by atoms with Gasteiger partial charge in [0.1, 0.15) is 11.9 Å². The Hall–Kier alpha value is -1.66. The van der Waals surface area contributed by atoms with Gasteiger partial charge in [-0.25, -0.2) is 9.48 Å². The van der Waals surface area contributed by atoms with Gasteiger partial charge in [-0.1, -0.05) is 13.8 Å². The molecule has 0 radical (unpaired) electrons. The lowest BCUT2D eigenvalue weighted by atomic mass is 9.71. The van der Waals surface area contributed by atoms with E-state index in [1.807, 2.05) is 20.8 Å². The van der Waals surface area contributed by atoms with E-state index in [0.29, 0.717) is 5.92 Å². The minimum absolute atomic E-state index is 0.0874. The molecule has 7 heteroatoms. The maximum absolute atomic E-state index is 12.2. The largest absolute Gasteiger partial charge is 0.444 e. The molecule has 0 spiro atoms. The van der Waals surface area contributed by atoms with Crippen LogP contribution in [0.3, 0.4) is 0 Å². The van der Waals surface area contributed by atoms with E-state index >= 15 is 0 Å². The van der Waals surface area contributed by atoms with Crippen LogP contribution in [-0.4, -0.2) is 37.4 Å². The summed E-state index contributed by atoms with van der Waals surface area (Å²) in [5.74, 6) is 0.385. The first-order valence-electron chi connectivity index (χ1n) is 7.75. The van der Waals surface area contributed by atoms with Crippen LogP contribution in [0.25, 0.3) is 0 Å². The van der Waals surface area contributed by atoms with Crippen molar-refractivity contribution in [2.45, 2.75) is 72.1 Å². The van der Waals surface area contributed by atoms with Gasteiger partial charge in [-0.05, 0) is 62.3 Å². The van der Waals surface area contributed by atoms with Gasteiger partial charge in [0, 0.05) is 12.1 Å². The van der Waals surface area contributed by atoms with E-state index in [1.54, 1.807) is 11.0 Å². The Morgan fingerprint density at radius 1 is 1.41 bits per heavy atom. The third kappa shape index (κ3) is 3.39. The molecule has 0 saturated heterocycles. The summed E-state index contributed by atoms with van der Waals surface area (Å²) in [7, 11) is 0. The number of ether oxygens (including phenoxy) is 1. The van der Waals surface area contributed by atoms with Gasteiger partial charge < -0.3 is 10.1 Å². The van der Waals surface area contributed by atoms with Crippen molar-refractivity contribution < 1.29 is 9.53 Å². The van der Waals surface area contributed by atoms with Crippen LogP contribution in [0.2, 0.25) is 0 Å². The van der Waals surface area contributed by atoms with Gasteiger partial charge in [-0.15, -0.1) is 5.10 Å². The van der Waals surface area contributed by atoms with Crippen molar-refractivity contribution in [3.05, 3.63) is 6.33 Å². The lowest BCUT2D eigenvalue weighted by Gasteiger charge is -2.42. The Kier molecular flexibility index (Phi) is 4.19. The molecule has 2 atom stereocenters. The second-order valence-corrected chi connectivity index (χ2v) is 7.95. The van der Waals surface area contributed by atoms with Gasteiger partial charge >= 0.3 is 6.09 Å². The van der Waals surface area contributed by atoms with Crippen molar-refractivity contribution in [3.8, 4) is 0 Å². The number of hydrogen-bond acceptors (Lipinski definition) is 5. The van der Waals surface area contributed by atoms with Crippen molar-refractivity contribution in [3.63, 3.8) is 0 Å². The second kappa shape index (κ2) is 5.52. The molecule has 124 valence electrons. The van der Waals surface area contributed by atoms with Crippen LogP contribution in [0.5, 0.6) is 0 Å². The predicted octanol–water partition coefficient (Wildman–Crippen LogP) is 2.39. The van der Waals surface area contributed by atoms with Crippen molar-refractivity contribution in [1.82, 2.24) is 25.5 Å². The molecular formula is C15H27N5O2. The number of carbonyl (C=O) groups excluding carboxylic acids is 1. The lowest BCUT2D eigenvalue weighted by molar-refractivity contribution is 0.0339. The van der Waals surface area contributed by atoms with Crippen LogP contribution in [0.1, 0.15) is 54.4 Å². The zero-order chi connectivity index (χ0) is 16.6. The highest BCUT2D eigenvalue weighted by molar-refractivity contribution is 5.69. The molecule has 1 aliphatic rings. The summed E-state index contributed by atoms with van der Waals surface area (Å²) in [5.41, 5.74) is -0.890. The molecule has 0 bridgehead atoms. The minimum Gasteiger partial charge on any atom is -0.444 e. The number of hydrogen-bond donors (Lipinski definition) is 1. The van der Waals surface area contributed by atoms with E-state index in [0.717, 1.165) is 19.4 Å². The molecule has 7 nitrogen and oxygen atoms in total. The molecular weight excluding hydrogens is 282 g/mol. The maximum atomic E-state index is 12.2. The van der Waals surface area contributed by atoms with Crippen LogP contribution >= 0.6 is 0 Å². The third-order valence-corrected chi connectivity index (χ3v) is 5.01. The molecule has 1 N–H and O–H groups in total. The van der Waals surface area contributed by atoms with Crippen LogP contribution in [-0.2, 0) is 11.3 Å². The highest BCUT2D eigenvalue weighted by Crippen LogP contribution is 2.50. The van der Waals surface area contributed by atoms with Gasteiger partial charge in [-0.3, -0.25) is 0 Å². The maximum Gasteiger partial charge on any atom is 0.408 e. The van der Waals surface area contributed by atoms with Crippen molar-refractivity contribution >= 4 is 6.09 Å². The van der Waals surface area contributed by atoms with Crippen molar-refractivity contribution in [2.24, 2.45) is 11.3 Å². The first-order valence-corrected chi connectivity index (χ1v) is 7.75. The monoisotopic (exact) mass is 309 g/mol. The zero-order valence-electron chi connectivity index (χ0n) is 14.4. The first-order chi connectivity index (χ1) is 10.0. The number of alkyl carbamates (subject to hydrolysis) is 1. The van der Waals surface area contributed by atoms with Crippen molar-refractivity contribution in [1.29, 1.82) is 0 Å². The Bertz CT molecular complexity index is 521. The van der Waals surface area contributed by atoms with E-state index in [4.69, 9.17) is 4.74 Å². The fourth-order valence-corrected chi connectivity index (χ4v) is 3.16. The number of aromatic nitrogens is 4. The molecule has 1 amide bonds. The van der Waals surface area contributed by atoms with E-state index in [-0.39, 0.29) is 17.0 Å². The van der Waals surface area contributed by atoms with Gasteiger partial charge in [0.2, 0.25) is 0 Å². The van der Waals surface area contributed by atoms with Crippen LogP contribution in [0.15, 0.2) is 6.33 Å². The highest BCUT2D eigenvalue weighted by atomic mass is 16.6. The van der Waals surface area contributed by atoms with Crippen LogP contribution in [0.4, 0.5) is 4.79 Å². The standard InChI is InChI=1S/C15H27N5O2/c1-13(2,3)22-12(21)17-15(6)8-7-11(14(15,4)5)9-20-10-16-18-19-20/h10-11H,7-9H2,1-6H3,(H,17,21)/t11-,15-/m1/s1. The Balaban J connectivity index is 2.06. The summed E-state index contributed by atoms with van der Waals surface area (Å²) in [5, 5.41) is 14.4. The number of carbonyl (C=O) groups is 1. The SMILES string of the molecule is CC(C)(C)OC(=O)N[C@]1(C)CC[C@H](Cn2cnnn2)C1(C)C. The fraction of sp³-hybridized carbons (Fsp3) is 0.867. The first kappa shape index (κ1) is 16.7. The fourth-order valence-electron chi connectivity index (χ4n) is 3.16. The third-order valence-electron chi connectivity index (χ3n) is 5.01. The Labute approximate surface area is 131 Å². The van der Waals surface area contributed by atoms with E-state index in [2.05, 4.69) is 41.6 Å². The predicted molar refractivity (Wildman–Crippen MR) is 82.1 cm³/mol. The highest BCUT2D eigenvalue weighted by Gasteiger charge is 2.52. The van der Waals surface area contributed by atoms with Gasteiger partial charge in [0.05, 0.1) is 0 Å². The van der Waals surface area contributed by atoms with E-state index in [9.17, 15) is 4.79 Å². The summed E-state index contributed by atoms with van der Waals surface area (Å²) < 4.78 is 7.17. The summed E-state index contributed by atoms with van der Waals surface area (Å²) in [4.78, 5) is 12.2. The molecule has 2 rings (SSSR count). The molecule has 1 fully saturated rings. The molecule has 0 aliphatic heterocycles. The minimum atomic E-state index is -0.491. The number of rotatable bonds is 3. The summed E-state index contributed by atoms with van der Waals surface area (Å²) in [6.45, 7) is 12.8. The van der Waals surface area contributed by atoms with E-state index in [1.165, 1.54) is 0 Å². The molecule has 1 aromatic rings. The normalized spacial score (nSPS) is 27.6. The van der Waals surface area contributed by atoms with Gasteiger partial charge in [0.25, 0.3) is 0 Å². The number of nitrogens with zero attached hydrogens (tertiary/aromatic N) is 4. The molecule has 0 unspecified atom stereocenters. The molecule has 0 aromatic carbocycles. The Morgan fingerprint density at radius 2 is 2.09 bits per heavy atom. The Morgan fingerprint density at radius 3 is 2.64 bits per heavy atom. The summed E-state index contributed by atoms with van der Waals surface area (Å²) in [6, 6.07) is 0. The lowest BCUT2D eigenvalue weighted by Crippen LogP contribution is -2.55. The van der Waals surface area contributed by atoms with Crippen LogP contribution in [0, 0.1) is 11.3 Å². The average molecular weight is 309 g/mol. The molecule has 22 heavy (non-hydrogen) atoms. The van der Waals surface area contributed by atoms with Gasteiger partial charge in [0.15, 0.2) is 0 Å². The second-order valence-electron chi connectivity index (χ2n) is 7.95. The number of tetrazole rings is 1. The van der Waals surface area contributed by atoms with Crippen LogP contribution < -0.4 is 5.32 Å². The topological polar surface area (TPSA) is 81.9 Å². The molecule has 1 saturated carbocycles.